The Kier molecular flexibility index (Phi) is 5.56. The molecule has 0 saturated carbocycles. The summed E-state index contributed by atoms with van der Waals surface area (Å²) in [5.74, 6) is 0.216. The predicted molar refractivity (Wildman–Crippen MR) is 55.1 cm³/mol. The smallest absolute Gasteiger partial charge is 0.225 e. The fraction of sp³-hybridized carbons (Fsp3) is 0.900. The molecule has 1 saturated heterocycles. The summed E-state index contributed by atoms with van der Waals surface area (Å²) in [5.41, 5.74) is 0. The Morgan fingerprint density at radius 3 is 3.00 bits per heavy atom. The lowest BCUT2D eigenvalue weighted by Gasteiger charge is -2.21. The molecule has 1 atom stereocenters. The van der Waals surface area contributed by atoms with Crippen LogP contribution < -0.4 is 10.6 Å². The molecule has 1 amide bonds. The molecule has 2 N–H and O–H groups in total. The number of amides is 1. The van der Waals surface area contributed by atoms with Crippen LogP contribution in [0.3, 0.4) is 0 Å². The Bertz CT molecular complexity index is 168. The van der Waals surface area contributed by atoms with E-state index in [0.29, 0.717) is 13.2 Å². The van der Waals surface area contributed by atoms with E-state index in [0.717, 1.165) is 32.5 Å². The van der Waals surface area contributed by atoms with Gasteiger partial charge in [0.25, 0.3) is 0 Å². The lowest BCUT2D eigenvalue weighted by Crippen LogP contribution is -2.38. The number of hydrogen-bond acceptors (Lipinski definition) is 3. The van der Waals surface area contributed by atoms with E-state index in [9.17, 15) is 4.79 Å². The van der Waals surface area contributed by atoms with Gasteiger partial charge >= 0.3 is 0 Å². The van der Waals surface area contributed by atoms with Crippen LogP contribution in [0.1, 0.15) is 19.8 Å². The average Bonchev–Trinajstić information content (AvgIpc) is 2.25. The number of ether oxygens (including phenoxy) is 1. The maximum Gasteiger partial charge on any atom is 0.225 e. The summed E-state index contributed by atoms with van der Waals surface area (Å²) in [7, 11) is 0. The van der Waals surface area contributed by atoms with Crippen LogP contribution in [-0.4, -0.2) is 38.8 Å². The maximum absolute atomic E-state index is 11.5. The van der Waals surface area contributed by atoms with Crippen molar-refractivity contribution >= 4 is 5.91 Å². The van der Waals surface area contributed by atoms with Crippen molar-refractivity contribution < 1.29 is 9.53 Å². The molecule has 1 fully saturated rings. The molecule has 0 bridgehead atoms. The van der Waals surface area contributed by atoms with Crippen LogP contribution >= 0.6 is 0 Å². The van der Waals surface area contributed by atoms with Gasteiger partial charge in [-0.1, -0.05) is 6.92 Å². The third-order valence-electron chi connectivity index (χ3n) is 2.38. The number of nitrogens with one attached hydrogen (secondary N) is 2. The minimum absolute atomic E-state index is 0.0744. The Morgan fingerprint density at radius 1 is 1.50 bits per heavy atom. The Balaban J connectivity index is 2.07. The van der Waals surface area contributed by atoms with Crippen LogP contribution in [0.4, 0.5) is 0 Å². The lowest BCUT2D eigenvalue weighted by atomic mass is 10.0. The summed E-state index contributed by atoms with van der Waals surface area (Å²) in [6.07, 6.45) is 1.97. The normalized spacial score (nSPS) is 21.9. The van der Waals surface area contributed by atoms with Gasteiger partial charge in [0.05, 0.1) is 12.5 Å². The van der Waals surface area contributed by atoms with Gasteiger partial charge < -0.3 is 15.4 Å². The van der Waals surface area contributed by atoms with Gasteiger partial charge in [-0.25, -0.2) is 0 Å². The molecule has 0 aliphatic carbocycles. The van der Waals surface area contributed by atoms with E-state index >= 15 is 0 Å². The molecule has 0 aromatic heterocycles. The van der Waals surface area contributed by atoms with Gasteiger partial charge in [0.15, 0.2) is 0 Å². The number of rotatable bonds is 5. The molecule has 0 aromatic rings. The second-order valence-corrected chi connectivity index (χ2v) is 3.56. The van der Waals surface area contributed by atoms with E-state index in [1.165, 1.54) is 0 Å². The first-order valence-corrected chi connectivity index (χ1v) is 5.40. The van der Waals surface area contributed by atoms with E-state index in [-0.39, 0.29) is 11.8 Å². The molecular formula is C10H20N2O2. The number of hydrogen-bond donors (Lipinski definition) is 2. The lowest BCUT2D eigenvalue weighted by molar-refractivity contribution is -0.128. The van der Waals surface area contributed by atoms with Crippen molar-refractivity contribution in [3.8, 4) is 0 Å². The van der Waals surface area contributed by atoms with Crippen molar-refractivity contribution in [1.29, 1.82) is 0 Å². The Labute approximate surface area is 85.4 Å². The zero-order chi connectivity index (χ0) is 10.2. The van der Waals surface area contributed by atoms with E-state index in [2.05, 4.69) is 17.6 Å². The van der Waals surface area contributed by atoms with Gasteiger partial charge in [-0.3, -0.25) is 4.79 Å². The second-order valence-electron chi connectivity index (χ2n) is 3.56. The predicted octanol–water partition coefficient (Wildman–Crippen LogP) is 0.139. The zero-order valence-corrected chi connectivity index (χ0v) is 8.84. The number of carbonyl (C=O) groups excluding carboxylic acids is 1. The largest absolute Gasteiger partial charge is 0.381 e. The summed E-state index contributed by atoms with van der Waals surface area (Å²) in [6, 6.07) is 0. The maximum atomic E-state index is 11.5. The van der Waals surface area contributed by atoms with E-state index in [1.807, 2.05) is 0 Å². The molecule has 0 aromatic carbocycles. The van der Waals surface area contributed by atoms with Crippen LogP contribution in [0.2, 0.25) is 0 Å². The molecule has 1 aliphatic rings. The summed E-state index contributed by atoms with van der Waals surface area (Å²) < 4.78 is 5.25. The monoisotopic (exact) mass is 200 g/mol. The molecule has 1 aliphatic heterocycles. The molecule has 14 heavy (non-hydrogen) atoms. The molecule has 0 spiro atoms. The molecule has 1 unspecified atom stereocenters. The molecule has 1 heterocycles. The second kappa shape index (κ2) is 6.79. The summed E-state index contributed by atoms with van der Waals surface area (Å²) >= 11 is 0. The van der Waals surface area contributed by atoms with Crippen LogP contribution in [0.5, 0.6) is 0 Å². The fourth-order valence-corrected chi connectivity index (χ4v) is 1.54. The molecule has 82 valence electrons. The number of carbonyl (C=O) groups is 1. The Morgan fingerprint density at radius 2 is 2.36 bits per heavy atom. The average molecular weight is 200 g/mol. The van der Waals surface area contributed by atoms with Crippen molar-refractivity contribution in [3.05, 3.63) is 0 Å². The van der Waals surface area contributed by atoms with Crippen molar-refractivity contribution in [1.82, 2.24) is 10.6 Å². The SMILES string of the molecule is CCNCCNC(=O)C1CCCOC1. The Hall–Kier alpha value is -0.610. The highest BCUT2D eigenvalue weighted by molar-refractivity contribution is 5.78. The topological polar surface area (TPSA) is 50.4 Å². The summed E-state index contributed by atoms with van der Waals surface area (Å²) in [4.78, 5) is 11.5. The van der Waals surface area contributed by atoms with Gasteiger partial charge in [0.1, 0.15) is 0 Å². The van der Waals surface area contributed by atoms with Crippen LogP contribution in [0.15, 0.2) is 0 Å². The van der Waals surface area contributed by atoms with Crippen molar-refractivity contribution in [3.63, 3.8) is 0 Å². The third-order valence-corrected chi connectivity index (χ3v) is 2.38. The number of likely N-dealkylation sites (N-methyl/N-ethyl adjacent to an activating group) is 1. The van der Waals surface area contributed by atoms with Crippen LogP contribution in [0, 0.1) is 5.92 Å². The molecular weight excluding hydrogens is 180 g/mol. The molecule has 4 heteroatoms. The van der Waals surface area contributed by atoms with E-state index < -0.39 is 0 Å². The minimum Gasteiger partial charge on any atom is -0.381 e. The summed E-state index contributed by atoms with van der Waals surface area (Å²) in [5, 5.41) is 6.07. The zero-order valence-electron chi connectivity index (χ0n) is 8.84. The van der Waals surface area contributed by atoms with Crippen molar-refractivity contribution in [2.45, 2.75) is 19.8 Å². The third kappa shape index (κ3) is 4.07. The highest BCUT2D eigenvalue weighted by Crippen LogP contribution is 2.12. The van der Waals surface area contributed by atoms with Crippen LogP contribution in [0.25, 0.3) is 0 Å². The molecule has 0 radical (unpaired) electrons. The van der Waals surface area contributed by atoms with Crippen molar-refractivity contribution in [2.75, 3.05) is 32.8 Å². The van der Waals surface area contributed by atoms with Gasteiger partial charge in [-0.05, 0) is 19.4 Å². The van der Waals surface area contributed by atoms with Crippen LogP contribution in [-0.2, 0) is 9.53 Å². The summed E-state index contributed by atoms with van der Waals surface area (Å²) in [6.45, 7) is 5.95. The standard InChI is InChI=1S/C10H20N2O2/c1-2-11-5-6-12-10(13)9-4-3-7-14-8-9/h9,11H,2-8H2,1H3,(H,12,13). The molecule has 1 rings (SSSR count). The first kappa shape index (κ1) is 11.5. The highest BCUT2D eigenvalue weighted by Gasteiger charge is 2.20. The van der Waals surface area contributed by atoms with Gasteiger partial charge in [0.2, 0.25) is 5.91 Å². The van der Waals surface area contributed by atoms with Gasteiger partial charge in [-0.2, -0.15) is 0 Å². The first-order valence-electron chi connectivity index (χ1n) is 5.40. The minimum atomic E-state index is 0.0744. The van der Waals surface area contributed by atoms with E-state index in [1.54, 1.807) is 0 Å². The first-order chi connectivity index (χ1) is 6.84. The highest BCUT2D eigenvalue weighted by atomic mass is 16.5. The van der Waals surface area contributed by atoms with E-state index in [4.69, 9.17) is 4.74 Å². The quantitative estimate of drug-likeness (QED) is 0.621. The van der Waals surface area contributed by atoms with Crippen molar-refractivity contribution in [2.24, 2.45) is 5.92 Å². The van der Waals surface area contributed by atoms with Gasteiger partial charge in [-0.15, -0.1) is 0 Å². The van der Waals surface area contributed by atoms with Gasteiger partial charge in [0, 0.05) is 19.7 Å². The molecule has 4 nitrogen and oxygen atoms in total. The fourth-order valence-electron chi connectivity index (χ4n) is 1.54.